The van der Waals surface area contributed by atoms with Crippen molar-refractivity contribution in [1.82, 2.24) is 5.32 Å². The number of amides is 1. The number of aryl methyl sites for hydroxylation is 1. The molecule has 1 fully saturated rings. The second kappa shape index (κ2) is 10.8. The molecule has 34 heavy (non-hydrogen) atoms. The molecule has 1 atom stereocenters. The number of aromatic carboxylic acids is 1. The third-order valence-corrected chi connectivity index (χ3v) is 6.89. The molecule has 1 aliphatic heterocycles. The summed E-state index contributed by atoms with van der Waals surface area (Å²) in [6.45, 7) is 2.43. The van der Waals surface area contributed by atoms with Gasteiger partial charge in [0.05, 0.1) is 14.9 Å². The molecular weight excluding hydrogens is 516 g/mol. The van der Waals surface area contributed by atoms with Crippen LogP contribution in [0.4, 0.5) is 5.69 Å². The first-order valence-corrected chi connectivity index (χ1v) is 12.4. The minimum atomic E-state index is -0.957. The van der Waals surface area contributed by atoms with E-state index in [1.165, 1.54) is 17.3 Å². The zero-order chi connectivity index (χ0) is 24.1. The van der Waals surface area contributed by atoms with Crippen LogP contribution in [0.15, 0.2) is 76.1 Å². The fourth-order valence-electron chi connectivity index (χ4n) is 3.33. The summed E-state index contributed by atoms with van der Waals surface area (Å²) in [5.74, 6) is -0.418. The summed E-state index contributed by atoms with van der Waals surface area (Å²) in [6, 6.07) is 20.4. The molecule has 0 saturated carbocycles. The fraction of sp³-hybridized carbons (Fsp3) is 0.154. The second-order valence-electron chi connectivity index (χ2n) is 7.66. The van der Waals surface area contributed by atoms with Crippen molar-refractivity contribution in [2.24, 2.45) is 0 Å². The number of thioether (sulfide) groups is 1. The Labute approximate surface area is 210 Å². The number of carboxylic acid groups (broad SMARTS) is 1. The van der Waals surface area contributed by atoms with Gasteiger partial charge in [-0.15, -0.1) is 0 Å². The molecule has 1 amide bonds. The molecule has 0 aromatic heterocycles. The monoisotopic (exact) mass is 538 g/mol. The van der Waals surface area contributed by atoms with Crippen molar-refractivity contribution in [2.75, 3.05) is 5.32 Å². The first kappa shape index (κ1) is 23.9. The van der Waals surface area contributed by atoms with Gasteiger partial charge in [0.15, 0.2) is 5.50 Å². The second-order valence-corrected chi connectivity index (χ2v) is 9.66. The lowest BCUT2D eigenvalue weighted by Gasteiger charge is -2.12. The zero-order valence-electron chi connectivity index (χ0n) is 18.4. The summed E-state index contributed by atoms with van der Waals surface area (Å²) in [6.07, 6.45) is 2.84. The number of halogens is 1. The number of benzene rings is 3. The molecule has 1 aliphatic rings. The van der Waals surface area contributed by atoms with Gasteiger partial charge in [-0.3, -0.25) is 4.79 Å². The lowest BCUT2D eigenvalue weighted by Crippen LogP contribution is -2.30. The summed E-state index contributed by atoms with van der Waals surface area (Å²) in [5, 5.41) is 15.3. The molecule has 1 heterocycles. The summed E-state index contributed by atoms with van der Waals surface area (Å²) in [4.78, 5) is 24.0. The summed E-state index contributed by atoms with van der Waals surface area (Å²) < 4.78 is 6.62. The molecule has 3 aromatic carbocycles. The lowest BCUT2D eigenvalue weighted by atomic mass is 10.1. The Morgan fingerprint density at radius 3 is 2.47 bits per heavy atom. The minimum absolute atomic E-state index is 0.117. The smallest absolute Gasteiger partial charge is 0.335 e. The van der Waals surface area contributed by atoms with Crippen LogP contribution >= 0.6 is 27.7 Å². The average molecular weight is 539 g/mol. The summed E-state index contributed by atoms with van der Waals surface area (Å²) in [7, 11) is 0. The van der Waals surface area contributed by atoms with Crippen molar-refractivity contribution in [1.29, 1.82) is 0 Å². The van der Waals surface area contributed by atoms with Gasteiger partial charge in [0.2, 0.25) is 0 Å². The largest absolute Gasteiger partial charge is 0.488 e. The highest BCUT2D eigenvalue weighted by Gasteiger charge is 2.27. The Balaban J connectivity index is 1.37. The molecule has 3 aromatic rings. The quantitative estimate of drug-likeness (QED) is 0.310. The molecule has 1 saturated heterocycles. The van der Waals surface area contributed by atoms with Crippen LogP contribution in [-0.2, 0) is 17.8 Å². The number of carboxylic acids is 1. The molecule has 4 rings (SSSR count). The van der Waals surface area contributed by atoms with Gasteiger partial charge in [0.25, 0.3) is 5.91 Å². The van der Waals surface area contributed by atoms with Gasteiger partial charge in [-0.2, -0.15) is 0 Å². The Bertz CT molecular complexity index is 1230. The van der Waals surface area contributed by atoms with Gasteiger partial charge < -0.3 is 20.5 Å². The predicted octanol–water partition coefficient (Wildman–Crippen LogP) is 5.89. The highest BCUT2D eigenvalue weighted by molar-refractivity contribution is 9.10. The number of hydrogen-bond acceptors (Lipinski definition) is 5. The molecule has 6 nitrogen and oxygen atoms in total. The predicted molar refractivity (Wildman–Crippen MR) is 139 cm³/mol. The Morgan fingerprint density at radius 1 is 1.12 bits per heavy atom. The third kappa shape index (κ3) is 6.01. The molecule has 0 unspecified atom stereocenters. The van der Waals surface area contributed by atoms with Crippen LogP contribution in [0.25, 0.3) is 6.08 Å². The topological polar surface area (TPSA) is 87.7 Å². The van der Waals surface area contributed by atoms with Crippen LogP contribution < -0.4 is 15.4 Å². The van der Waals surface area contributed by atoms with Gasteiger partial charge in [-0.1, -0.05) is 49.0 Å². The van der Waals surface area contributed by atoms with Gasteiger partial charge >= 0.3 is 5.97 Å². The highest BCUT2D eigenvalue weighted by Crippen LogP contribution is 2.32. The molecule has 0 spiro atoms. The van der Waals surface area contributed by atoms with Crippen LogP contribution in [0.2, 0.25) is 0 Å². The van der Waals surface area contributed by atoms with Crippen molar-refractivity contribution in [3.05, 3.63) is 98.4 Å². The maximum atomic E-state index is 12.4. The molecule has 174 valence electrons. The number of hydrogen-bond donors (Lipinski definition) is 3. The van der Waals surface area contributed by atoms with E-state index in [9.17, 15) is 9.59 Å². The first-order chi connectivity index (χ1) is 16.4. The molecule has 0 bridgehead atoms. The van der Waals surface area contributed by atoms with Gasteiger partial charge in [0.1, 0.15) is 12.4 Å². The van der Waals surface area contributed by atoms with Gasteiger partial charge in [-0.05, 0) is 81.5 Å². The number of carbonyl (C=O) groups excluding carboxylic acids is 1. The third-order valence-electron chi connectivity index (χ3n) is 5.24. The SMILES string of the molecule is CCc1ccc(N[C@H]2NC(=O)/C(=C/c3ccc(OCc4ccc(C(=O)O)cc4)c(Br)c3)S2)cc1. The van der Waals surface area contributed by atoms with E-state index in [0.717, 1.165) is 27.7 Å². The Kier molecular flexibility index (Phi) is 7.59. The van der Waals surface area contributed by atoms with Crippen molar-refractivity contribution in [3.8, 4) is 5.75 Å². The Morgan fingerprint density at radius 2 is 1.82 bits per heavy atom. The van der Waals surface area contributed by atoms with E-state index in [0.29, 0.717) is 17.3 Å². The van der Waals surface area contributed by atoms with Crippen molar-refractivity contribution < 1.29 is 19.4 Å². The van der Waals surface area contributed by atoms with Crippen molar-refractivity contribution in [3.63, 3.8) is 0 Å². The number of carbonyl (C=O) groups is 2. The summed E-state index contributed by atoms with van der Waals surface area (Å²) >= 11 is 4.97. The zero-order valence-corrected chi connectivity index (χ0v) is 20.8. The lowest BCUT2D eigenvalue weighted by molar-refractivity contribution is -0.116. The van der Waals surface area contributed by atoms with Crippen LogP contribution in [0.1, 0.15) is 34.0 Å². The van der Waals surface area contributed by atoms with Crippen molar-refractivity contribution >= 4 is 51.3 Å². The Hall–Kier alpha value is -3.23. The maximum absolute atomic E-state index is 12.4. The van der Waals surface area contributed by atoms with Gasteiger partial charge in [-0.25, -0.2) is 4.79 Å². The molecule has 0 radical (unpaired) electrons. The number of rotatable bonds is 8. The fourth-order valence-corrected chi connectivity index (χ4v) is 4.83. The van der Waals surface area contributed by atoms with E-state index in [2.05, 4.69) is 45.6 Å². The van der Waals surface area contributed by atoms with Gasteiger partial charge in [0, 0.05) is 5.69 Å². The van der Waals surface area contributed by atoms with Crippen molar-refractivity contribution in [2.45, 2.75) is 25.4 Å². The van der Waals surface area contributed by atoms with Crippen LogP contribution in [-0.4, -0.2) is 22.5 Å². The van der Waals surface area contributed by atoms with E-state index in [4.69, 9.17) is 9.84 Å². The van der Waals surface area contributed by atoms with E-state index >= 15 is 0 Å². The van der Waals surface area contributed by atoms with E-state index in [1.807, 2.05) is 36.4 Å². The minimum Gasteiger partial charge on any atom is -0.488 e. The van der Waals surface area contributed by atoms with Crippen LogP contribution in [0.5, 0.6) is 5.75 Å². The van der Waals surface area contributed by atoms with Crippen LogP contribution in [0.3, 0.4) is 0 Å². The highest BCUT2D eigenvalue weighted by atomic mass is 79.9. The maximum Gasteiger partial charge on any atom is 0.335 e. The number of anilines is 1. The molecule has 8 heteroatoms. The summed E-state index contributed by atoms with van der Waals surface area (Å²) in [5.41, 5.74) is 3.97. The standard InChI is InChI=1S/C26H23BrN2O4S/c1-2-16-5-10-20(11-6-16)28-26-29-24(30)23(34-26)14-18-7-12-22(21(27)13-18)33-15-17-3-8-19(9-4-17)25(31)32/h3-14,26,28H,2,15H2,1H3,(H,29,30)(H,31,32)/b23-14-/t26-/m0/s1. The van der Waals surface area contributed by atoms with Crippen LogP contribution in [0, 0.1) is 0 Å². The van der Waals surface area contributed by atoms with E-state index in [1.54, 1.807) is 24.3 Å². The normalized spacial score (nSPS) is 16.4. The van der Waals surface area contributed by atoms with E-state index in [-0.39, 0.29) is 17.0 Å². The molecular formula is C26H23BrN2O4S. The molecule has 0 aliphatic carbocycles. The molecule has 3 N–H and O–H groups in total. The number of nitrogens with one attached hydrogen (secondary N) is 2. The average Bonchev–Trinajstić information content (AvgIpc) is 3.17. The number of ether oxygens (including phenoxy) is 1. The van der Waals surface area contributed by atoms with E-state index < -0.39 is 5.97 Å². The first-order valence-electron chi connectivity index (χ1n) is 10.7.